The molecule has 180 valence electrons. The Morgan fingerprint density at radius 1 is 1.19 bits per heavy atom. The van der Waals surface area contributed by atoms with Crippen molar-refractivity contribution >= 4 is 22.7 Å². The first kappa shape index (κ1) is 23.1. The molecule has 0 aliphatic rings. The number of hydrogen-bond donors (Lipinski definition) is 1. The summed E-state index contributed by atoms with van der Waals surface area (Å²) in [5.41, 5.74) is 4.86. The highest BCUT2D eigenvalue weighted by Crippen LogP contribution is 2.28. The second kappa shape index (κ2) is 9.19. The maximum absolute atomic E-state index is 14.4. The Balaban J connectivity index is 1.36. The lowest BCUT2D eigenvalue weighted by molar-refractivity contribution is 0.0954. The number of aromatic nitrogens is 5. The summed E-state index contributed by atoms with van der Waals surface area (Å²) in [6, 6.07) is 11.9. The van der Waals surface area contributed by atoms with Crippen LogP contribution in [0.2, 0.25) is 0 Å². The summed E-state index contributed by atoms with van der Waals surface area (Å²) in [4.78, 5) is 22.0. The van der Waals surface area contributed by atoms with Crippen molar-refractivity contribution in [3.05, 3.63) is 76.1 Å². The molecule has 1 amide bonds. The number of pyridine rings is 1. The van der Waals surface area contributed by atoms with E-state index < -0.39 is 5.82 Å². The molecule has 4 aromatic heterocycles. The molecule has 10 heteroatoms. The Morgan fingerprint density at radius 3 is 2.78 bits per heavy atom. The highest BCUT2D eigenvalue weighted by molar-refractivity contribution is 6.07. The van der Waals surface area contributed by atoms with E-state index in [0.29, 0.717) is 52.9 Å². The van der Waals surface area contributed by atoms with Crippen LogP contribution in [0, 0.1) is 37.9 Å². The first-order valence-electron chi connectivity index (χ1n) is 11.4. The van der Waals surface area contributed by atoms with Gasteiger partial charge in [-0.25, -0.2) is 18.9 Å². The molecule has 0 bridgehead atoms. The molecule has 1 N–H and O–H groups in total. The number of rotatable bonds is 6. The zero-order valence-electron chi connectivity index (χ0n) is 20.0. The number of carbonyl (C=O) groups excluding carboxylic acids is 1. The van der Waals surface area contributed by atoms with Crippen LogP contribution in [0.15, 0.2) is 40.9 Å². The fourth-order valence-electron chi connectivity index (χ4n) is 4.29. The SMILES string of the molecule is Cc1cc(C)n2nc(CCCNC(=O)c3cc(-c4ccccc4F)nc4onc(C)c34)c(C#N)c2n1. The van der Waals surface area contributed by atoms with Gasteiger partial charge in [-0.2, -0.15) is 10.4 Å². The van der Waals surface area contributed by atoms with E-state index in [1.54, 1.807) is 35.7 Å². The lowest BCUT2D eigenvalue weighted by Crippen LogP contribution is -2.25. The molecule has 0 unspecified atom stereocenters. The number of carbonyl (C=O) groups is 1. The van der Waals surface area contributed by atoms with Gasteiger partial charge in [-0.05, 0) is 57.9 Å². The minimum atomic E-state index is -0.451. The predicted octanol–water partition coefficient (Wildman–Crippen LogP) is 4.23. The average Bonchev–Trinajstić information content (AvgIpc) is 3.41. The van der Waals surface area contributed by atoms with E-state index in [4.69, 9.17) is 4.52 Å². The third-order valence-electron chi connectivity index (χ3n) is 5.97. The molecular formula is C26H22FN7O2. The highest BCUT2D eigenvalue weighted by Gasteiger charge is 2.21. The number of aryl methyl sites for hydroxylation is 4. The van der Waals surface area contributed by atoms with Crippen LogP contribution < -0.4 is 5.32 Å². The Morgan fingerprint density at radius 2 is 2.00 bits per heavy atom. The number of amides is 1. The molecule has 1 aromatic carbocycles. The van der Waals surface area contributed by atoms with Crippen molar-refractivity contribution in [2.75, 3.05) is 6.54 Å². The largest absolute Gasteiger partial charge is 0.352 e. The summed E-state index contributed by atoms with van der Waals surface area (Å²) in [5, 5.41) is 21.5. The van der Waals surface area contributed by atoms with Gasteiger partial charge in [-0.3, -0.25) is 4.79 Å². The van der Waals surface area contributed by atoms with Gasteiger partial charge in [0, 0.05) is 23.5 Å². The van der Waals surface area contributed by atoms with Crippen LogP contribution >= 0.6 is 0 Å². The number of halogens is 1. The van der Waals surface area contributed by atoms with Gasteiger partial charge >= 0.3 is 0 Å². The van der Waals surface area contributed by atoms with Gasteiger partial charge in [-0.15, -0.1) is 0 Å². The molecule has 36 heavy (non-hydrogen) atoms. The first-order valence-corrected chi connectivity index (χ1v) is 11.4. The van der Waals surface area contributed by atoms with Crippen LogP contribution in [0.1, 0.15) is 45.1 Å². The molecule has 0 saturated carbocycles. The molecule has 0 radical (unpaired) electrons. The molecule has 9 nitrogen and oxygen atoms in total. The van der Waals surface area contributed by atoms with Crippen molar-refractivity contribution in [1.29, 1.82) is 5.26 Å². The summed E-state index contributed by atoms with van der Waals surface area (Å²) < 4.78 is 21.3. The normalized spacial score (nSPS) is 11.2. The summed E-state index contributed by atoms with van der Waals surface area (Å²) in [7, 11) is 0. The van der Waals surface area contributed by atoms with E-state index in [9.17, 15) is 14.4 Å². The minimum absolute atomic E-state index is 0.167. The molecular weight excluding hydrogens is 461 g/mol. The van der Waals surface area contributed by atoms with Gasteiger partial charge in [-0.1, -0.05) is 17.3 Å². The molecule has 5 aromatic rings. The number of nitrogens with zero attached hydrogens (tertiary/aromatic N) is 6. The van der Waals surface area contributed by atoms with Gasteiger partial charge in [0.05, 0.1) is 28.0 Å². The quantitative estimate of drug-likeness (QED) is 0.359. The maximum atomic E-state index is 14.4. The molecule has 5 rings (SSSR count). The van der Waals surface area contributed by atoms with Crippen molar-refractivity contribution in [2.45, 2.75) is 33.6 Å². The van der Waals surface area contributed by atoms with Gasteiger partial charge < -0.3 is 9.84 Å². The third-order valence-corrected chi connectivity index (χ3v) is 5.97. The molecule has 0 atom stereocenters. The van der Waals surface area contributed by atoms with Crippen LogP contribution in [-0.2, 0) is 6.42 Å². The zero-order valence-corrected chi connectivity index (χ0v) is 20.0. The van der Waals surface area contributed by atoms with Gasteiger partial charge in [0.25, 0.3) is 11.6 Å². The monoisotopic (exact) mass is 483 g/mol. The molecule has 0 fully saturated rings. The van der Waals surface area contributed by atoms with Crippen molar-refractivity contribution in [3.8, 4) is 17.3 Å². The smallest absolute Gasteiger partial charge is 0.259 e. The number of nitrogens with one attached hydrogen (secondary N) is 1. The van der Waals surface area contributed by atoms with E-state index >= 15 is 0 Å². The summed E-state index contributed by atoms with van der Waals surface area (Å²) in [6.45, 7) is 5.85. The van der Waals surface area contributed by atoms with E-state index in [2.05, 4.69) is 31.6 Å². The lowest BCUT2D eigenvalue weighted by atomic mass is 10.0. The number of benzene rings is 1. The van der Waals surface area contributed by atoms with Crippen molar-refractivity contribution in [1.82, 2.24) is 30.1 Å². The van der Waals surface area contributed by atoms with Crippen LogP contribution in [-0.4, -0.2) is 37.2 Å². The number of nitriles is 1. The molecule has 0 aliphatic carbocycles. The second-order valence-corrected chi connectivity index (χ2v) is 8.55. The van der Waals surface area contributed by atoms with Gasteiger partial charge in [0.15, 0.2) is 5.65 Å². The summed E-state index contributed by atoms with van der Waals surface area (Å²) in [6.07, 6.45) is 1.04. The standard InChI is InChI=1S/C26H22FN7O2/c1-14-11-15(2)34-24(30-14)19(13-28)21(32-34)9-6-10-29-25(35)18-12-22(17-7-4-5-8-20(17)27)31-26-23(18)16(3)33-36-26/h4-5,7-8,11-12H,6,9-10H2,1-3H3,(H,29,35). The number of hydrogen-bond acceptors (Lipinski definition) is 7. The van der Waals surface area contributed by atoms with E-state index in [1.165, 1.54) is 6.07 Å². The van der Waals surface area contributed by atoms with Crippen molar-refractivity contribution in [2.24, 2.45) is 0 Å². The fourth-order valence-corrected chi connectivity index (χ4v) is 4.29. The Bertz CT molecular complexity index is 1680. The summed E-state index contributed by atoms with van der Waals surface area (Å²) in [5.74, 6) is -0.803. The van der Waals surface area contributed by atoms with Crippen LogP contribution in [0.25, 0.3) is 28.0 Å². The fraction of sp³-hybridized carbons (Fsp3) is 0.231. The Labute approximate surface area is 205 Å². The Kier molecular flexibility index (Phi) is 5.90. The van der Waals surface area contributed by atoms with Crippen molar-refractivity contribution in [3.63, 3.8) is 0 Å². The van der Waals surface area contributed by atoms with Crippen molar-refractivity contribution < 1.29 is 13.7 Å². The zero-order chi connectivity index (χ0) is 25.4. The van der Waals surface area contributed by atoms with E-state index in [1.807, 2.05) is 19.9 Å². The molecule has 0 spiro atoms. The van der Waals surface area contributed by atoms with Crippen LogP contribution in [0.3, 0.4) is 0 Å². The summed E-state index contributed by atoms with van der Waals surface area (Å²) >= 11 is 0. The Hall–Kier alpha value is -4.65. The topological polar surface area (TPSA) is 122 Å². The lowest BCUT2D eigenvalue weighted by Gasteiger charge is -2.08. The van der Waals surface area contributed by atoms with E-state index in [-0.39, 0.29) is 22.9 Å². The molecule has 0 saturated heterocycles. The maximum Gasteiger partial charge on any atom is 0.259 e. The highest BCUT2D eigenvalue weighted by atomic mass is 19.1. The second-order valence-electron chi connectivity index (χ2n) is 8.55. The van der Waals surface area contributed by atoms with Crippen LogP contribution in [0.4, 0.5) is 4.39 Å². The average molecular weight is 484 g/mol. The van der Waals surface area contributed by atoms with Gasteiger partial charge in [0.2, 0.25) is 0 Å². The molecule has 4 heterocycles. The van der Waals surface area contributed by atoms with Gasteiger partial charge in [0.1, 0.15) is 17.4 Å². The van der Waals surface area contributed by atoms with E-state index in [0.717, 1.165) is 11.4 Å². The predicted molar refractivity (Wildman–Crippen MR) is 130 cm³/mol. The first-order chi connectivity index (χ1) is 17.4. The van der Waals surface area contributed by atoms with Crippen LogP contribution in [0.5, 0.6) is 0 Å². The third kappa shape index (κ3) is 4.05. The molecule has 0 aliphatic heterocycles. The minimum Gasteiger partial charge on any atom is -0.352 e. The number of fused-ring (bicyclic) bond motifs is 2.